The Kier molecular flexibility index (Phi) is 4.83. The fourth-order valence-electron chi connectivity index (χ4n) is 11.2. The van der Waals surface area contributed by atoms with E-state index in [9.17, 15) is 0 Å². The Balaban J connectivity index is 1.43. The van der Waals surface area contributed by atoms with E-state index in [1.807, 2.05) is 11.1 Å². The lowest BCUT2D eigenvalue weighted by atomic mass is 9.52. The molecule has 6 rings (SSSR count). The van der Waals surface area contributed by atoms with Crippen molar-refractivity contribution in [2.24, 2.45) is 45.8 Å². The highest BCUT2D eigenvalue weighted by Gasteiger charge is 2.87. The van der Waals surface area contributed by atoms with Crippen molar-refractivity contribution in [1.82, 2.24) is 0 Å². The maximum Gasteiger partial charge on any atom is -0.0138 e. The number of hydrogen-bond acceptors (Lipinski definition) is 0. The predicted octanol–water partition coefficient (Wildman–Crippen LogP) is 9.10. The first kappa shape index (κ1) is 20.4. The highest BCUT2D eigenvalue weighted by molar-refractivity contribution is 5.37. The minimum atomic E-state index is 0.604. The molecule has 8 unspecified atom stereocenters. The van der Waals surface area contributed by atoms with Gasteiger partial charge in [0.2, 0.25) is 0 Å². The molecule has 0 heterocycles. The third kappa shape index (κ3) is 2.46. The second-order valence-corrected chi connectivity index (χ2v) is 13.3. The monoisotopic (exact) mass is 408 g/mol. The van der Waals surface area contributed by atoms with Crippen LogP contribution in [0.5, 0.6) is 0 Å². The van der Waals surface area contributed by atoms with Crippen LogP contribution in [0.25, 0.3) is 0 Å². The Labute approximate surface area is 187 Å². The molecule has 0 aliphatic heterocycles. The van der Waals surface area contributed by atoms with Gasteiger partial charge in [-0.1, -0.05) is 63.5 Å². The SMILES string of the molecule is CCCCCC1(C)C(C2=C(C)CCCCC2)CC23CC4CCC4C24CCCCC1C34. The highest BCUT2D eigenvalue weighted by atomic mass is 14.9. The average molecular weight is 409 g/mol. The molecule has 0 nitrogen and oxygen atoms in total. The molecule has 0 aromatic heterocycles. The van der Waals surface area contributed by atoms with Gasteiger partial charge >= 0.3 is 0 Å². The Bertz CT molecular complexity index is 716. The topological polar surface area (TPSA) is 0 Å². The predicted molar refractivity (Wildman–Crippen MR) is 127 cm³/mol. The van der Waals surface area contributed by atoms with Gasteiger partial charge in [-0.05, 0) is 123 Å². The van der Waals surface area contributed by atoms with Crippen molar-refractivity contribution in [3.05, 3.63) is 11.1 Å². The van der Waals surface area contributed by atoms with E-state index >= 15 is 0 Å². The van der Waals surface area contributed by atoms with E-state index in [-0.39, 0.29) is 0 Å². The molecule has 168 valence electrons. The zero-order valence-electron chi connectivity index (χ0n) is 20.4. The molecule has 0 amide bonds. The summed E-state index contributed by atoms with van der Waals surface area (Å²) in [5.41, 5.74) is 6.09. The normalized spacial score (nSPS) is 51.9. The first-order chi connectivity index (χ1) is 14.6. The van der Waals surface area contributed by atoms with Gasteiger partial charge in [0.25, 0.3) is 0 Å². The molecule has 0 aromatic carbocycles. The van der Waals surface area contributed by atoms with Crippen LogP contribution >= 0.6 is 0 Å². The van der Waals surface area contributed by atoms with Crippen LogP contribution in [0.4, 0.5) is 0 Å². The molecule has 0 aromatic rings. The quantitative estimate of drug-likeness (QED) is 0.314. The minimum Gasteiger partial charge on any atom is -0.0738 e. The molecule has 6 aliphatic rings. The zero-order chi connectivity index (χ0) is 20.6. The fourth-order valence-corrected chi connectivity index (χ4v) is 11.2. The molecule has 0 saturated heterocycles. The third-order valence-corrected chi connectivity index (χ3v) is 12.5. The van der Waals surface area contributed by atoms with Crippen LogP contribution in [0.15, 0.2) is 11.1 Å². The number of rotatable bonds is 5. The maximum atomic E-state index is 2.83. The van der Waals surface area contributed by atoms with E-state index < -0.39 is 0 Å². The van der Waals surface area contributed by atoms with Crippen LogP contribution in [0, 0.1) is 45.8 Å². The van der Waals surface area contributed by atoms with Crippen LogP contribution in [-0.4, -0.2) is 0 Å². The van der Waals surface area contributed by atoms with Crippen molar-refractivity contribution in [3.8, 4) is 0 Å². The summed E-state index contributed by atoms with van der Waals surface area (Å²) in [7, 11) is 0. The van der Waals surface area contributed by atoms with Crippen molar-refractivity contribution >= 4 is 0 Å². The lowest BCUT2D eigenvalue weighted by Gasteiger charge is -2.53. The van der Waals surface area contributed by atoms with Gasteiger partial charge in [-0.15, -0.1) is 0 Å². The van der Waals surface area contributed by atoms with Crippen LogP contribution < -0.4 is 0 Å². The molecular formula is C30H48. The zero-order valence-corrected chi connectivity index (χ0v) is 20.4. The van der Waals surface area contributed by atoms with E-state index in [0.717, 1.165) is 40.4 Å². The summed E-state index contributed by atoms with van der Waals surface area (Å²) in [6.45, 7) is 7.79. The van der Waals surface area contributed by atoms with Crippen LogP contribution in [0.3, 0.4) is 0 Å². The lowest BCUT2D eigenvalue weighted by Crippen LogP contribution is -2.45. The summed E-state index contributed by atoms with van der Waals surface area (Å²) in [5, 5.41) is 0. The van der Waals surface area contributed by atoms with Crippen LogP contribution in [0.1, 0.15) is 130 Å². The van der Waals surface area contributed by atoms with Gasteiger partial charge in [-0.2, -0.15) is 0 Å². The molecule has 2 spiro atoms. The Hall–Kier alpha value is -0.260. The van der Waals surface area contributed by atoms with Gasteiger partial charge < -0.3 is 0 Å². The number of fused-ring (bicyclic) bond motifs is 1. The van der Waals surface area contributed by atoms with Gasteiger partial charge in [0, 0.05) is 0 Å². The lowest BCUT2D eigenvalue weighted by molar-refractivity contribution is -0.0110. The number of allylic oxidation sites excluding steroid dienone is 2. The second kappa shape index (κ2) is 7.12. The molecule has 5 fully saturated rings. The summed E-state index contributed by atoms with van der Waals surface area (Å²) in [6, 6.07) is 0. The summed E-state index contributed by atoms with van der Waals surface area (Å²) < 4.78 is 0. The van der Waals surface area contributed by atoms with Crippen molar-refractivity contribution in [3.63, 3.8) is 0 Å². The Morgan fingerprint density at radius 2 is 1.73 bits per heavy atom. The summed E-state index contributed by atoms with van der Waals surface area (Å²) in [5.74, 6) is 5.44. The van der Waals surface area contributed by atoms with Gasteiger partial charge in [0.1, 0.15) is 0 Å². The molecule has 30 heavy (non-hydrogen) atoms. The first-order valence-electron chi connectivity index (χ1n) is 14.3. The van der Waals surface area contributed by atoms with E-state index in [1.165, 1.54) is 57.8 Å². The Morgan fingerprint density at radius 1 is 0.867 bits per heavy atom. The average Bonchev–Trinajstić information content (AvgIpc) is 3.33. The van der Waals surface area contributed by atoms with Gasteiger partial charge in [0.05, 0.1) is 0 Å². The molecule has 8 atom stereocenters. The van der Waals surface area contributed by atoms with Crippen molar-refractivity contribution < 1.29 is 0 Å². The summed E-state index contributed by atoms with van der Waals surface area (Å²) in [4.78, 5) is 0. The smallest absolute Gasteiger partial charge is 0.0138 e. The van der Waals surface area contributed by atoms with E-state index in [0.29, 0.717) is 5.41 Å². The van der Waals surface area contributed by atoms with Gasteiger partial charge in [0.15, 0.2) is 0 Å². The molecule has 0 heteroatoms. The van der Waals surface area contributed by atoms with Crippen LogP contribution in [0.2, 0.25) is 0 Å². The van der Waals surface area contributed by atoms with Gasteiger partial charge in [-0.25, -0.2) is 0 Å². The summed E-state index contributed by atoms with van der Waals surface area (Å²) >= 11 is 0. The molecule has 0 bridgehead atoms. The number of unbranched alkanes of at least 4 members (excludes halogenated alkanes) is 2. The standard InChI is InChI=1S/C30H48/c1-4-5-10-17-28(3)25-14-9-11-18-30-24-16-15-22(24)19-29(30,27(25)30)20-26(28)23-13-8-6-7-12-21(23)2/h22,24-27H,4-20H2,1-3H3. The van der Waals surface area contributed by atoms with E-state index in [4.69, 9.17) is 0 Å². The third-order valence-electron chi connectivity index (χ3n) is 12.5. The highest BCUT2D eigenvalue weighted by Crippen LogP contribution is 2.93. The Morgan fingerprint density at radius 3 is 2.53 bits per heavy atom. The van der Waals surface area contributed by atoms with E-state index in [2.05, 4.69) is 20.8 Å². The van der Waals surface area contributed by atoms with Crippen molar-refractivity contribution in [2.75, 3.05) is 0 Å². The molecule has 0 N–H and O–H groups in total. The van der Waals surface area contributed by atoms with Gasteiger partial charge in [-0.3, -0.25) is 0 Å². The number of hydrogen-bond donors (Lipinski definition) is 0. The fraction of sp³-hybridized carbons (Fsp3) is 0.933. The van der Waals surface area contributed by atoms with Crippen LogP contribution in [-0.2, 0) is 0 Å². The van der Waals surface area contributed by atoms with Crippen molar-refractivity contribution in [1.29, 1.82) is 0 Å². The molecule has 6 aliphatic carbocycles. The largest absolute Gasteiger partial charge is 0.0738 e. The summed E-state index contributed by atoms with van der Waals surface area (Å²) in [6.07, 6.45) is 25.9. The molecule has 0 radical (unpaired) electrons. The molecule has 5 saturated carbocycles. The van der Waals surface area contributed by atoms with E-state index in [1.54, 1.807) is 51.4 Å². The minimum absolute atomic E-state index is 0.604. The van der Waals surface area contributed by atoms with Crippen molar-refractivity contribution in [2.45, 2.75) is 130 Å². The molecular weight excluding hydrogens is 360 g/mol. The maximum absolute atomic E-state index is 2.83. The first-order valence-corrected chi connectivity index (χ1v) is 14.3. The second-order valence-electron chi connectivity index (χ2n) is 13.3.